The van der Waals surface area contributed by atoms with Gasteiger partial charge in [-0.3, -0.25) is 0 Å². The van der Waals surface area contributed by atoms with E-state index < -0.39 is 0 Å². The molecule has 4 heteroatoms. The molecule has 0 bridgehead atoms. The smallest absolute Gasteiger partial charge is 0.165 e. The van der Waals surface area contributed by atoms with E-state index in [-0.39, 0.29) is 0 Å². The van der Waals surface area contributed by atoms with Gasteiger partial charge < -0.3 is 4.42 Å². The molecule has 0 spiro atoms. The summed E-state index contributed by atoms with van der Waals surface area (Å²) >= 11 is 0. The van der Waals surface area contributed by atoms with E-state index in [1.54, 1.807) is 0 Å². The zero-order chi connectivity index (χ0) is 33.7. The summed E-state index contributed by atoms with van der Waals surface area (Å²) in [5.41, 5.74) is 11.8. The Morgan fingerprint density at radius 1 is 0.471 bits per heavy atom. The summed E-state index contributed by atoms with van der Waals surface area (Å²) in [6.07, 6.45) is 6.62. The quantitative estimate of drug-likeness (QED) is 0.185. The first-order chi connectivity index (χ1) is 25.3. The molecule has 2 heterocycles. The van der Waals surface area contributed by atoms with Crippen LogP contribution in [0.4, 0.5) is 0 Å². The molecule has 51 heavy (non-hydrogen) atoms. The first-order valence-electron chi connectivity index (χ1n) is 17.4. The van der Waals surface area contributed by atoms with Gasteiger partial charge in [-0.15, -0.1) is 0 Å². The van der Waals surface area contributed by atoms with Crippen LogP contribution in [0.5, 0.6) is 0 Å². The minimum Gasteiger partial charge on any atom is -0.455 e. The van der Waals surface area contributed by atoms with Crippen molar-refractivity contribution in [2.24, 2.45) is 0 Å². The van der Waals surface area contributed by atoms with Crippen LogP contribution in [0, 0.1) is 0 Å². The average Bonchev–Trinajstić information content (AvgIpc) is 3.58. The third-order valence-corrected chi connectivity index (χ3v) is 10.00. The number of benzene rings is 7. The summed E-state index contributed by atoms with van der Waals surface area (Å²) in [4.78, 5) is 15.3. The van der Waals surface area contributed by atoms with E-state index in [0.717, 1.165) is 79.1 Å². The van der Waals surface area contributed by atoms with Crippen molar-refractivity contribution in [1.82, 2.24) is 15.0 Å². The van der Waals surface area contributed by atoms with E-state index in [1.165, 1.54) is 16.5 Å². The lowest BCUT2D eigenvalue weighted by Crippen LogP contribution is -2.01. The third kappa shape index (κ3) is 5.03. The number of nitrogens with zero attached hydrogens (tertiary/aromatic N) is 3. The molecule has 2 aromatic heterocycles. The summed E-state index contributed by atoms with van der Waals surface area (Å²) < 4.78 is 6.58. The van der Waals surface area contributed by atoms with E-state index >= 15 is 0 Å². The molecule has 0 fully saturated rings. The van der Waals surface area contributed by atoms with Crippen molar-refractivity contribution >= 4 is 38.8 Å². The summed E-state index contributed by atoms with van der Waals surface area (Å²) in [5, 5.41) is 4.56. The van der Waals surface area contributed by atoms with Crippen LogP contribution in [-0.4, -0.2) is 15.0 Å². The zero-order valence-electron chi connectivity index (χ0n) is 27.8. The Hall–Kier alpha value is -6.65. The van der Waals surface area contributed by atoms with Gasteiger partial charge in [0, 0.05) is 33.0 Å². The van der Waals surface area contributed by atoms with Crippen molar-refractivity contribution in [3.63, 3.8) is 0 Å². The van der Waals surface area contributed by atoms with E-state index in [1.807, 2.05) is 66.7 Å². The van der Waals surface area contributed by atoms with Gasteiger partial charge in [-0.25, -0.2) is 15.0 Å². The van der Waals surface area contributed by atoms with Crippen LogP contribution in [0.2, 0.25) is 0 Å². The largest absolute Gasteiger partial charge is 0.455 e. The Bertz CT molecular complexity index is 2720. The van der Waals surface area contributed by atoms with Crippen LogP contribution >= 0.6 is 0 Å². The predicted molar refractivity (Wildman–Crippen MR) is 209 cm³/mol. The molecule has 0 saturated heterocycles. The van der Waals surface area contributed by atoms with Gasteiger partial charge in [-0.05, 0) is 63.6 Å². The van der Waals surface area contributed by atoms with E-state index in [0.29, 0.717) is 17.5 Å². The predicted octanol–water partition coefficient (Wildman–Crippen LogP) is 12.2. The number of allylic oxidation sites excluding steroid dienone is 1. The van der Waals surface area contributed by atoms with Gasteiger partial charge in [0.1, 0.15) is 11.2 Å². The van der Waals surface area contributed by atoms with Crippen LogP contribution in [0.3, 0.4) is 0 Å². The zero-order valence-corrected chi connectivity index (χ0v) is 27.8. The highest BCUT2D eigenvalue weighted by atomic mass is 16.3. The van der Waals surface area contributed by atoms with Crippen LogP contribution in [0.15, 0.2) is 162 Å². The van der Waals surface area contributed by atoms with E-state index in [9.17, 15) is 0 Å². The molecule has 1 aliphatic rings. The van der Waals surface area contributed by atoms with Crippen molar-refractivity contribution in [2.45, 2.75) is 12.8 Å². The third-order valence-electron chi connectivity index (χ3n) is 10.00. The van der Waals surface area contributed by atoms with Gasteiger partial charge in [0.15, 0.2) is 17.5 Å². The summed E-state index contributed by atoms with van der Waals surface area (Å²) in [6, 6.07) is 52.7. The molecule has 240 valence electrons. The molecule has 7 aromatic carbocycles. The molecule has 0 radical (unpaired) electrons. The fourth-order valence-electron chi connectivity index (χ4n) is 7.54. The number of fused-ring (bicyclic) bond motifs is 5. The van der Waals surface area contributed by atoms with Crippen molar-refractivity contribution in [1.29, 1.82) is 0 Å². The van der Waals surface area contributed by atoms with E-state index in [2.05, 4.69) is 97.1 Å². The summed E-state index contributed by atoms with van der Waals surface area (Å²) in [7, 11) is 0. The lowest BCUT2D eigenvalue weighted by Gasteiger charge is -2.17. The Labute approximate surface area is 295 Å². The second-order valence-electron chi connectivity index (χ2n) is 13.1. The first kappa shape index (κ1) is 29.3. The van der Waals surface area contributed by atoms with Crippen LogP contribution in [0.1, 0.15) is 17.5 Å². The van der Waals surface area contributed by atoms with Crippen molar-refractivity contribution in [2.75, 3.05) is 0 Å². The Morgan fingerprint density at radius 3 is 1.84 bits per heavy atom. The maximum Gasteiger partial charge on any atom is 0.165 e. The van der Waals surface area contributed by atoms with Gasteiger partial charge in [0.05, 0.1) is 0 Å². The van der Waals surface area contributed by atoms with Gasteiger partial charge in [0.25, 0.3) is 0 Å². The molecule has 0 N–H and O–H groups in total. The molecule has 0 atom stereocenters. The number of furan rings is 1. The van der Waals surface area contributed by atoms with Crippen LogP contribution in [-0.2, 0) is 6.42 Å². The normalized spacial score (nSPS) is 12.5. The SMILES string of the molecule is C1=Cc2c(cc3c(oc4ccccc43)c2-c2ccc(-c3ccc4ccccc4c3-c3nc(-c4ccccc4)nc(-c4ccccc4)n3)cc2)CC1. The van der Waals surface area contributed by atoms with Crippen molar-refractivity contribution in [3.8, 4) is 56.4 Å². The fraction of sp³-hybridized carbons (Fsp3) is 0.0426. The lowest BCUT2D eigenvalue weighted by atomic mass is 9.87. The molecular weight excluding hydrogens is 623 g/mol. The molecule has 0 aliphatic heterocycles. The van der Waals surface area contributed by atoms with Crippen molar-refractivity contribution < 1.29 is 4.42 Å². The average molecular weight is 654 g/mol. The Morgan fingerprint density at radius 2 is 1.10 bits per heavy atom. The van der Waals surface area contributed by atoms with Gasteiger partial charge in [-0.2, -0.15) is 0 Å². The van der Waals surface area contributed by atoms with Gasteiger partial charge in [-0.1, -0.05) is 152 Å². The van der Waals surface area contributed by atoms with Crippen LogP contribution in [0.25, 0.3) is 95.2 Å². The van der Waals surface area contributed by atoms with Crippen molar-refractivity contribution in [3.05, 3.63) is 169 Å². The topological polar surface area (TPSA) is 51.8 Å². The number of para-hydroxylation sites is 1. The highest BCUT2D eigenvalue weighted by Gasteiger charge is 2.22. The standard InChI is InChI=1S/C47H31N3O/c1-3-14-33(15-4-1)45-48-46(34-16-5-2-6-17-34)50-47(49-45)43-36-19-9-7-13-30(36)27-28-38(43)31-23-25-32(26-24-31)42-37-20-10-8-18-35(37)29-40-39-21-11-12-22-41(39)51-44(40)42/h1-7,9-17,19-29H,8,18H2. The maximum absolute atomic E-state index is 6.58. The lowest BCUT2D eigenvalue weighted by molar-refractivity contribution is 0.669. The monoisotopic (exact) mass is 653 g/mol. The van der Waals surface area contributed by atoms with Gasteiger partial charge in [0.2, 0.25) is 0 Å². The Balaban J connectivity index is 1.18. The maximum atomic E-state index is 6.58. The summed E-state index contributed by atoms with van der Waals surface area (Å²) in [6.45, 7) is 0. The molecule has 0 unspecified atom stereocenters. The number of rotatable bonds is 5. The number of hydrogen-bond donors (Lipinski definition) is 0. The second kappa shape index (κ2) is 12.0. The van der Waals surface area contributed by atoms with E-state index in [4.69, 9.17) is 19.4 Å². The second-order valence-corrected chi connectivity index (χ2v) is 13.1. The minimum absolute atomic E-state index is 0.643. The minimum atomic E-state index is 0.643. The summed E-state index contributed by atoms with van der Waals surface area (Å²) in [5.74, 6) is 1.93. The van der Waals surface area contributed by atoms with Crippen LogP contribution < -0.4 is 0 Å². The first-order valence-corrected chi connectivity index (χ1v) is 17.4. The fourth-order valence-corrected chi connectivity index (χ4v) is 7.54. The number of aromatic nitrogens is 3. The molecule has 10 rings (SSSR count). The molecule has 4 nitrogen and oxygen atoms in total. The molecular formula is C47H31N3O. The highest BCUT2D eigenvalue weighted by molar-refractivity contribution is 6.12. The number of hydrogen-bond acceptors (Lipinski definition) is 4. The molecule has 1 aliphatic carbocycles. The Kier molecular flexibility index (Phi) is 6.91. The highest BCUT2D eigenvalue weighted by Crippen LogP contribution is 2.43. The number of aryl methyl sites for hydroxylation is 1. The molecule has 0 saturated carbocycles. The molecule has 9 aromatic rings. The van der Waals surface area contributed by atoms with Gasteiger partial charge >= 0.3 is 0 Å². The molecule has 0 amide bonds.